The van der Waals surface area contributed by atoms with Gasteiger partial charge in [0.25, 0.3) is 0 Å². The van der Waals surface area contributed by atoms with Crippen molar-refractivity contribution in [3.63, 3.8) is 0 Å². The highest BCUT2D eigenvalue weighted by Gasteiger charge is 2.33. The van der Waals surface area contributed by atoms with Gasteiger partial charge in [0.15, 0.2) is 0 Å². The molecule has 1 fully saturated rings. The van der Waals surface area contributed by atoms with Crippen LogP contribution < -0.4 is 4.74 Å². The maximum atomic E-state index is 14.4. The van der Waals surface area contributed by atoms with Crippen molar-refractivity contribution in [1.82, 2.24) is 19.4 Å². The molecule has 1 aromatic heterocycles. The van der Waals surface area contributed by atoms with Gasteiger partial charge in [0, 0.05) is 50.9 Å². The third-order valence-corrected chi connectivity index (χ3v) is 8.84. The van der Waals surface area contributed by atoms with Gasteiger partial charge in [0.1, 0.15) is 24.0 Å². The Bertz CT molecular complexity index is 1510. The van der Waals surface area contributed by atoms with E-state index >= 15 is 0 Å². The lowest BCUT2D eigenvalue weighted by Crippen LogP contribution is -2.50. The van der Waals surface area contributed by atoms with Crippen LogP contribution in [0.3, 0.4) is 0 Å². The topological polar surface area (TPSA) is 50.6 Å². The Balaban J connectivity index is 0.00000151. The molecule has 260 valence electrons. The van der Waals surface area contributed by atoms with Crippen molar-refractivity contribution in [1.29, 1.82) is 0 Å². The van der Waals surface area contributed by atoms with E-state index in [0.29, 0.717) is 26.2 Å². The number of rotatable bonds is 11. The molecule has 5 rings (SSSR count). The fraction of sp³-hybridized carbons (Fsp3) is 0.463. The second-order valence-corrected chi connectivity index (χ2v) is 12.7. The monoisotopic (exact) mass is 656 g/mol. The number of aryl methyl sites for hydroxylation is 1. The first kappa shape index (κ1) is 38.5. The fourth-order valence-electron chi connectivity index (χ4n) is 6.24. The minimum atomic E-state index is -0.256. The molecule has 2 aliphatic heterocycles. The van der Waals surface area contributed by atoms with Crippen molar-refractivity contribution in [2.24, 2.45) is 5.41 Å². The molecule has 1 saturated heterocycles. The summed E-state index contributed by atoms with van der Waals surface area (Å²) in [4.78, 5) is 22.2. The largest absolute Gasteiger partial charge is 0.489 e. The number of ether oxygens (including phenoxy) is 1. The fourth-order valence-corrected chi connectivity index (χ4v) is 6.24. The van der Waals surface area contributed by atoms with Crippen LogP contribution in [0.4, 0.5) is 4.39 Å². The van der Waals surface area contributed by atoms with Crippen molar-refractivity contribution in [3.8, 4) is 5.75 Å². The Labute approximate surface area is 289 Å². The minimum absolute atomic E-state index is 0.0332. The van der Waals surface area contributed by atoms with Crippen LogP contribution in [-0.2, 0) is 30.8 Å². The zero-order valence-electron chi connectivity index (χ0n) is 30.3. The van der Waals surface area contributed by atoms with Gasteiger partial charge in [0.2, 0.25) is 5.91 Å². The molecular formula is C41H57FN4O2. The molecule has 3 aromatic rings. The smallest absolute Gasteiger partial charge is 0.237 e. The summed E-state index contributed by atoms with van der Waals surface area (Å²) in [5.41, 5.74) is 4.27. The normalized spacial score (nSPS) is 18.0. The van der Waals surface area contributed by atoms with Crippen LogP contribution in [0.5, 0.6) is 5.75 Å². The predicted octanol–water partition coefficient (Wildman–Crippen LogP) is 9.29. The van der Waals surface area contributed by atoms with Crippen molar-refractivity contribution < 1.29 is 13.9 Å². The predicted molar refractivity (Wildman–Crippen MR) is 197 cm³/mol. The van der Waals surface area contributed by atoms with E-state index < -0.39 is 0 Å². The van der Waals surface area contributed by atoms with Gasteiger partial charge in [-0.05, 0) is 60.1 Å². The van der Waals surface area contributed by atoms with E-state index in [9.17, 15) is 9.18 Å². The first-order valence-electron chi connectivity index (χ1n) is 17.7. The Kier molecular flexibility index (Phi) is 15.3. The maximum Gasteiger partial charge on any atom is 0.237 e. The Hall–Kier alpha value is -3.97. The number of carbonyl (C=O) groups excluding carboxylic acids is 1. The number of fused-ring (bicyclic) bond motifs is 1. The Morgan fingerprint density at radius 1 is 1.06 bits per heavy atom. The van der Waals surface area contributed by atoms with Crippen LogP contribution in [0.1, 0.15) is 90.0 Å². The number of hydrogen-bond acceptors (Lipinski definition) is 4. The quantitative estimate of drug-likeness (QED) is 0.193. The number of carbonyl (C=O) groups is 1. The van der Waals surface area contributed by atoms with Gasteiger partial charge < -0.3 is 14.2 Å². The molecule has 1 amide bonds. The zero-order valence-corrected chi connectivity index (χ0v) is 30.3. The molecule has 2 aromatic carbocycles. The van der Waals surface area contributed by atoms with Gasteiger partial charge in [-0.3, -0.25) is 9.69 Å². The molecule has 7 heteroatoms. The van der Waals surface area contributed by atoms with Crippen molar-refractivity contribution in [2.75, 3.05) is 26.2 Å². The summed E-state index contributed by atoms with van der Waals surface area (Å²) in [6, 6.07) is 18.1. The third kappa shape index (κ3) is 10.8. The number of piperazine rings is 1. The molecule has 0 bridgehead atoms. The van der Waals surface area contributed by atoms with Gasteiger partial charge in [-0.1, -0.05) is 103 Å². The van der Waals surface area contributed by atoms with Gasteiger partial charge in [0.05, 0.1) is 12.6 Å². The number of benzene rings is 2. The van der Waals surface area contributed by atoms with Crippen LogP contribution in [0.25, 0.3) is 0 Å². The summed E-state index contributed by atoms with van der Waals surface area (Å²) in [7, 11) is 0. The number of halogens is 1. The van der Waals surface area contributed by atoms with E-state index in [4.69, 9.17) is 9.72 Å². The highest BCUT2D eigenvalue weighted by atomic mass is 19.1. The van der Waals surface area contributed by atoms with Crippen LogP contribution in [0.15, 0.2) is 97.0 Å². The molecular weight excluding hydrogens is 599 g/mol. The third-order valence-electron chi connectivity index (χ3n) is 8.84. The van der Waals surface area contributed by atoms with Crippen molar-refractivity contribution in [3.05, 3.63) is 120 Å². The van der Waals surface area contributed by atoms with Crippen molar-refractivity contribution >= 4 is 5.91 Å². The van der Waals surface area contributed by atoms with Crippen molar-refractivity contribution in [2.45, 2.75) is 93.3 Å². The molecule has 1 atom stereocenters. The number of nitrogens with zero attached hydrogens (tertiary/aromatic N) is 4. The lowest BCUT2D eigenvalue weighted by atomic mass is 9.80. The molecule has 0 radical (unpaired) electrons. The van der Waals surface area contributed by atoms with Gasteiger partial charge in [-0.2, -0.15) is 0 Å². The van der Waals surface area contributed by atoms with Gasteiger partial charge >= 0.3 is 0 Å². The number of aromatic nitrogens is 2. The SMILES string of the molecule is C=C/C(=C\C(F)=C/C)C1CC(C)(C)CCc2ncc(CCN3CCN(Cc4cccc(OCc5ccccc5)c4)C(=O)C3)n21.CC.CC. The van der Waals surface area contributed by atoms with Crippen LogP contribution in [0, 0.1) is 5.41 Å². The summed E-state index contributed by atoms with van der Waals surface area (Å²) < 4.78 is 22.7. The van der Waals surface area contributed by atoms with E-state index in [0.717, 1.165) is 72.7 Å². The summed E-state index contributed by atoms with van der Waals surface area (Å²) in [6.07, 6.45) is 10.4. The molecule has 1 unspecified atom stereocenters. The number of amides is 1. The lowest BCUT2D eigenvalue weighted by molar-refractivity contribution is -0.136. The molecule has 0 aliphatic carbocycles. The first-order valence-corrected chi connectivity index (χ1v) is 17.7. The van der Waals surface area contributed by atoms with E-state index in [2.05, 4.69) is 29.9 Å². The van der Waals surface area contributed by atoms with E-state index in [1.165, 1.54) is 6.08 Å². The minimum Gasteiger partial charge on any atom is -0.489 e. The number of hydrogen-bond donors (Lipinski definition) is 0. The van der Waals surface area contributed by atoms with E-state index in [1.54, 1.807) is 19.1 Å². The van der Waals surface area contributed by atoms with Crippen LogP contribution in [-0.4, -0.2) is 51.4 Å². The zero-order chi connectivity index (χ0) is 35.1. The summed E-state index contributed by atoms with van der Waals surface area (Å²) in [5, 5.41) is 0. The molecule has 0 saturated carbocycles. The Morgan fingerprint density at radius 2 is 1.79 bits per heavy atom. The molecule has 48 heavy (non-hydrogen) atoms. The summed E-state index contributed by atoms with van der Waals surface area (Å²) in [5.74, 6) is 1.73. The lowest BCUT2D eigenvalue weighted by Gasteiger charge is -2.34. The first-order chi connectivity index (χ1) is 23.2. The number of imidazole rings is 1. The molecule has 3 heterocycles. The molecule has 2 aliphatic rings. The van der Waals surface area contributed by atoms with Crippen LogP contribution in [0.2, 0.25) is 0 Å². The van der Waals surface area contributed by atoms with E-state index in [-0.39, 0.29) is 23.2 Å². The standard InChI is InChI=1S/C37H45FN4O2.2C2H6/c1-5-30(22-31(38)6-2)34-23-37(3,4)17-15-35-39-24-32(42(34)35)16-18-40-19-20-41(36(43)26-40)25-29-13-10-14-33(21-29)44-27-28-11-8-7-9-12-28;2*1-2/h5-14,21-22,24,34H,1,15-20,23,25-27H2,2-4H3;2*1-2H3/b30-22+,31-6+;;. The average molecular weight is 657 g/mol. The summed E-state index contributed by atoms with van der Waals surface area (Å²) in [6.45, 7) is 22.0. The molecule has 0 N–H and O–H groups in total. The molecule has 6 nitrogen and oxygen atoms in total. The Morgan fingerprint density at radius 3 is 2.48 bits per heavy atom. The van der Waals surface area contributed by atoms with Crippen LogP contribution >= 0.6 is 0 Å². The second kappa shape index (κ2) is 19.1. The highest BCUT2D eigenvalue weighted by Crippen LogP contribution is 2.41. The van der Waals surface area contributed by atoms with E-state index in [1.807, 2.05) is 93.4 Å². The van der Waals surface area contributed by atoms with Gasteiger partial charge in [-0.25, -0.2) is 9.37 Å². The van der Waals surface area contributed by atoms with Gasteiger partial charge in [-0.15, -0.1) is 0 Å². The summed E-state index contributed by atoms with van der Waals surface area (Å²) >= 11 is 0. The second-order valence-electron chi connectivity index (χ2n) is 12.7. The maximum absolute atomic E-state index is 14.4. The number of allylic oxidation sites excluding steroid dienone is 5. The highest BCUT2D eigenvalue weighted by molar-refractivity contribution is 5.79. The average Bonchev–Trinajstić information content (AvgIpc) is 3.47. The molecule has 0 spiro atoms.